The summed E-state index contributed by atoms with van der Waals surface area (Å²) in [5, 5.41) is 3.03. The lowest BCUT2D eigenvalue weighted by Crippen LogP contribution is -2.53. The van der Waals surface area contributed by atoms with Crippen molar-refractivity contribution in [2.45, 2.75) is 64.6 Å². The first kappa shape index (κ1) is 27.6. The maximum Gasteiger partial charge on any atom is 0.244 e. The lowest BCUT2D eigenvalue weighted by atomic mass is 10.1. The van der Waals surface area contributed by atoms with Crippen molar-refractivity contribution in [3.05, 3.63) is 65.2 Å². The molecule has 2 aromatic rings. The third-order valence-electron chi connectivity index (χ3n) is 6.43. The zero-order chi connectivity index (χ0) is 26.5. The van der Waals surface area contributed by atoms with Crippen LogP contribution >= 0.6 is 0 Å². The van der Waals surface area contributed by atoms with Crippen molar-refractivity contribution in [1.29, 1.82) is 0 Å². The van der Waals surface area contributed by atoms with Gasteiger partial charge in [0.2, 0.25) is 21.8 Å². The fraction of sp³-hybridized carbons (Fsp3) is 0.462. The molecule has 0 aromatic heterocycles. The van der Waals surface area contributed by atoms with Gasteiger partial charge in [-0.2, -0.15) is 0 Å². The van der Waals surface area contributed by atoms with Crippen molar-refractivity contribution >= 4 is 27.5 Å². The highest BCUT2D eigenvalue weighted by Crippen LogP contribution is 2.23. The summed E-state index contributed by atoms with van der Waals surface area (Å²) in [6, 6.07) is 9.34. The molecule has 1 N–H and O–H groups in total. The Morgan fingerprint density at radius 2 is 1.69 bits per heavy atom. The van der Waals surface area contributed by atoms with Gasteiger partial charge < -0.3 is 10.2 Å². The molecule has 196 valence electrons. The second-order valence-electron chi connectivity index (χ2n) is 9.29. The number of hydrogen-bond acceptors (Lipinski definition) is 4. The molecular formula is C26H33F2N3O4S. The van der Waals surface area contributed by atoms with E-state index in [1.54, 1.807) is 6.92 Å². The molecule has 10 heteroatoms. The molecule has 1 saturated carbocycles. The van der Waals surface area contributed by atoms with Crippen LogP contribution in [0, 0.1) is 18.6 Å². The van der Waals surface area contributed by atoms with Gasteiger partial charge in [-0.05, 0) is 43.9 Å². The standard InChI is InChI=1S/C26H33F2N3O4S/c1-4-24(26(33)29-20-7-5-6-8-20)30(16-19-11-9-18(2)10-12-19)25(32)17-31(36(3,34)35)21-13-14-22(27)23(28)15-21/h9-15,20,24H,4-8,16-17H2,1-3H3,(H,29,33)/t24-/m0/s1. The highest BCUT2D eigenvalue weighted by molar-refractivity contribution is 7.92. The van der Waals surface area contributed by atoms with Gasteiger partial charge in [0.25, 0.3) is 0 Å². The van der Waals surface area contributed by atoms with Crippen LogP contribution < -0.4 is 9.62 Å². The van der Waals surface area contributed by atoms with E-state index in [-0.39, 0.29) is 24.2 Å². The number of nitrogens with one attached hydrogen (secondary N) is 1. The molecule has 0 bridgehead atoms. The Kier molecular flexibility index (Phi) is 9.05. The molecule has 0 spiro atoms. The molecular weight excluding hydrogens is 488 g/mol. The van der Waals surface area contributed by atoms with Crippen molar-refractivity contribution < 1.29 is 26.8 Å². The summed E-state index contributed by atoms with van der Waals surface area (Å²) in [7, 11) is -4.03. The summed E-state index contributed by atoms with van der Waals surface area (Å²) in [5.74, 6) is -3.27. The zero-order valence-corrected chi connectivity index (χ0v) is 21.7. The van der Waals surface area contributed by atoms with Crippen LogP contribution in [0.4, 0.5) is 14.5 Å². The molecule has 0 unspecified atom stereocenters. The second kappa shape index (κ2) is 11.8. The van der Waals surface area contributed by atoms with Gasteiger partial charge in [-0.1, -0.05) is 49.6 Å². The van der Waals surface area contributed by atoms with Gasteiger partial charge in [0, 0.05) is 18.7 Å². The van der Waals surface area contributed by atoms with E-state index in [0.29, 0.717) is 6.42 Å². The average molecular weight is 522 g/mol. The minimum atomic E-state index is -4.03. The number of aryl methyl sites for hydroxylation is 1. The smallest absolute Gasteiger partial charge is 0.244 e. The Labute approximate surface area is 211 Å². The second-order valence-corrected chi connectivity index (χ2v) is 11.2. The third-order valence-corrected chi connectivity index (χ3v) is 7.57. The molecule has 2 aromatic carbocycles. The highest BCUT2D eigenvalue weighted by atomic mass is 32.2. The van der Waals surface area contributed by atoms with Gasteiger partial charge >= 0.3 is 0 Å². The molecule has 0 aliphatic heterocycles. The van der Waals surface area contributed by atoms with Gasteiger partial charge in [-0.25, -0.2) is 17.2 Å². The predicted octanol–water partition coefficient (Wildman–Crippen LogP) is 3.91. The number of carbonyl (C=O) groups is 2. The molecule has 0 heterocycles. The van der Waals surface area contributed by atoms with Gasteiger partial charge in [0.1, 0.15) is 12.6 Å². The molecule has 0 radical (unpaired) electrons. The van der Waals surface area contributed by atoms with Crippen LogP contribution in [0.3, 0.4) is 0 Å². The van der Waals surface area contributed by atoms with Gasteiger partial charge in [0.05, 0.1) is 11.9 Å². The quantitative estimate of drug-likeness (QED) is 0.514. The Morgan fingerprint density at radius 1 is 1.06 bits per heavy atom. The van der Waals surface area contributed by atoms with E-state index in [4.69, 9.17) is 0 Å². The van der Waals surface area contributed by atoms with Crippen LogP contribution in [-0.2, 0) is 26.2 Å². The van der Waals surface area contributed by atoms with Crippen LogP contribution in [-0.4, -0.2) is 50.0 Å². The molecule has 0 saturated heterocycles. The average Bonchev–Trinajstić information content (AvgIpc) is 3.32. The number of sulfonamides is 1. The minimum Gasteiger partial charge on any atom is -0.352 e. The maximum absolute atomic E-state index is 13.9. The highest BCUT2D eigenvalue weighted by Gasteiger charge is 2.33. The Bertz CT molecular complexity index is 1180. The number of anilines is 1. The van der Waals surface area contributed by atoms with E-state index in [2.05, 4.69) is 5.32 Å². The molecule has 1 aliphatic carbocycles. The summed E-state index contributed by atoms with van der Waals surface area (Å²) in [5.41, 5.74) is 1.63. The lowest BCUT2D eigenvalue weighted by molar-refractivity contribution is -0.140. The van der Waals surface area contributed by atoms with Crippen molar-refractivity contribution in [2.24, 2.45) is 0 Å². The molecule has 1 fully saturated rings. The number of nitrogens with zero attached hydrogens (tertiary/aromatic N) is 2. The minimum absolute atomic E-state index is 0.0533. The van der Waals surface area contributed by atoms with E-state index >= 15 is 0 Å². The number of rotatable bonds is 10. The van der Waals surface area contributed by atoms with Crippen molar-refractivity contribution in [3.63, 3.8) is 0 Å². The summed E-state index contributed by atoms with van der Waals surface area (Å²) in [4.78, 5) is 28.2. The summed E-state index contributed by atoms with van der Waals surface area (Å²) >= 11 is 0. The van der Waals surface area contributed by atoms with Crippen LogP contribution in [0.5, 0.6) is 0 Å². The topological polar surface area (TPSA) is 86.8 Å². The van der Waals surface area contributed by atoms with Crippen molar-refractivity contribution in [2.75, 3.05) is 17.1 Å². The normalized spacial score (nSPS) is 14.9. The first-order chi connectivity index (χ1) is 17.0. The zero-order valence-electron chi connectivity index (χ0n) is 20.8. The summed E-state index contributed by atoms with van der Waals surface area (Å²) < 4.78 is 53.2. The SMILES string of the molecule is CC[C@@H](C(=O)NC1CCCC1)N(Cc1ccc(C)cc1)C(=O)CN(c1ccc(F)c(F)c1)S(C)(=O)=O. The number of carbonyl (C=O) groups excluding carboxylic acids is 2. The number of hydrogen-bond donors (Lipinski definition) is 1. The molecule has 1 aliphatic rings. The first-order valence-electron chi connectivity index (χ1n) is 12.1. The molecule has 3 rings (SSSR count). The monoisotopic (exact) mass is 521 g/mol. The van der Waals surface area contributed by atoms with E-state index in [1.165, 1.54) is 4.90 Å². The van der Waals surface area contributed by atoms with Gasteiger partial charge in [-0.15, -0.1) is 0 Å². The van der Waals surface area contributed by atoms with Crippen LogP contribution in [0.25, 0.3) is 0 Å². The Morgan fingerprint density at radius 3 is 2.25 bits per heavy atom. The fourth-order valence-electron chi connectivity index (χ4n) is 4.43. The third kappa shape index (κ3) is 7.02. The van der Waals surface area contributed by atoms with E-state index in [1.807, 2.05) is 31.2 Å². The Balaban J connectivity index is 1.92. The molecule has 1 atom stereocenters. The van der Waals surface area contributed by atoms with Gasteiger partial charge in [0.15, 0.2) is 11.6 Å². The summed E-state index contributed by atoms with van der Waals surface area (Å²) in [6.45, 7) is 3.15. The van der Waals surface area contributed by atoms with Crippen LogP contribution in [0.2, 0.25) is 0 Å². The van der Waals surface area contributed by atoms with Crippen LogP contribution in [0.15, 0.2) is 42.5 Å². The molecule has 36 heavy (non-hydrogen) atoms. The number of halogens is 2. The van der Waals surface area contributed by atoms with E-state index in [9.17, 15) is 26.8 Å². The fourth-order valence-corrected chi connectivity index (χ4v) is 5.27. The Hall–Kier alpha value is -3.01. The lowest BCUT2D eigenvalue weighted by Gasteiger charge is -2.33. The summed E-state index contributed by atoms with van der Waals surface area (Å²) in [6.07, 6.45) is 5.03. The number of benzene rings is 2. The van der Waals surface area contributed by atoms with E-state index < -0.39 is 40.2 Å². The van der Waals surface area contributed by atoms with Crippen molar-refractivity contribution in [3.8, 4) is 0 Å². The first-order valence-corrected chi connectivity index (χ1v) is 13.9. The van der Waals surface area contributed by atoms with Gasteiger partial charge in [-0.3, -0.25) is 13.9 Å². The van der Waals surface area contributed by atoms with E-state index in [0.717, 1.165) is 65.6 Å². The predicted molar refractivity (Wildman–Crippen MR) is 135 cm³/mol. The van der Waals surface area contributed by atoms with Crippen molar-refractivity contribution in [1.82, 2.24) is 10.2 Å². The largest absolute Gasteiger partial charge is 0.352 e. The maximum atomic E-state index is 13.9. The molecule has 2 amide bonds. The van der Waals surface area contributed by atoms with Crippen LogP contribution in [0.1, 0.15) is 50.2 Å². The molecule has 7 nitrogen and oxygen atoms in total. The number of amides is 2.